The molecule has 1 heterocycles. The molecular weight excluding hydrogens is 540 g/mol. The largest absolute Gasteiger partial charge is 0.683 e. The number of oxime groups is 1. The van der Waals surface area contributed by atoms with Gasteiger partial charge in [0, 0.05) is 42.6 Å². The molecule has 1 saturated heterocycles. The summed E-state index contributed by atoms with van der Waals surface area (Å²) < 4.78 is 5.48. The molecule has 1 fully saturated rings. The number of nitrogens with zero attached hydrogens (tertiary/aromatic N) is 4. The molecule has 1 amide bonds. The maximum absolute atomic E-state index is 13.8. The summed E-state index contributed by atoms with van der Waals surface area (Å²) in [6.07, 6.45) is -0.838. The SMILES string of the molecule is CCC1(C)c2ccc(C(=O)/C(CCN(C)C)=N/OC(=O)[N+](=O)[O-])cc2-c2cc(C(=O)C(C)(C)N3CCOCC3)ccc21. The van der Waals surface area contributed by atoms with Crippen molar-refractivity contribution in [3.05, 3.63) is 68.8 Å². The number of nitro groups is 1. The van der Waals surface area contributed by atoms with Crippen LogP contribution in [0.5, 0.6) is 0 Å². The average Bonchev–Trinajstić information content (AvgIpc) is 3.23. The zero-order valence-corrected chi connectivity index (χ0v) is 25.1. The molecule has 4 rings (SSSR count). The summed E-state index contributed by atoms with van der Waals surface area (Å²) in [4.78, 5) is 56.7. The van der Waals surface area contributed by atoms with E-state index in [1.54, 1.807) is 12.1 Å². The van der Waals surface area contributed by atoms with Crippen molar-refractivity contribution in [3.63, 3.8) is 0 Å². The number of ether oxygens (including phenoxy) is 1. The molecule has 0 aromatic heterocycles. The second kappa shape index (κ2) is 12.2. The zero-order chi connectivity index (χ0) is 30.8. The lowest BCUT2D eigenvalue weighted by atomic mass is 9.77. The van der Waals surface area contributed by atoms with Crippen LogP contribution < -0.4 is 0 Å². The number of carbonyl (C=O) groups excluding carboxylic acids is 3. The Balaban J connectivity index is 1.74. The van der Waals surface area contributed by atoms with Crippen LogP contribution in [0.1, 0.15) is 72.4 Å². The molecule has 0 saturated carbocycles. The fourth-order valence-electron chi connectivity index (χ4n) is 5.75. The van der Waals surface area contributed by atoms with Gasteiger partial charge in [-0.3, -0.25) is 29.4 Å². The third-order valence-corrected chi connectivity index (χ3v) is 8.55. The number of rotatable bonds is 10. The summed E-state index contributed by atoms with van der Waals surface area (Å²) in [6.45, 7) is 11.1. The first-order valence-electron chi connectivity index (χ1n) is 14.1. The van der Waals surface area contributed by atoms with Crippen molar-refractivity contribution in [2.75, 3.05) is 46.9 Å². The Labute approximate surface area is 245 Å². The second-order valence-electron chi connectivity index (χ2n) is 11.7. The van der Waals surface area contributed by atoms with Crippen molar-refractivity contribution in [3.8, 4) is 11.1 Å². The standard InChI is InChI=1S/C31H38N4O7/c1-7-31(4)24-10-8-20(27(36)26(12-13-33(5)6)32-42-29(38)35(39)40)18-22(24)23-19-21(9-11-25(23)31)28(37)30(2,3)34-14-16-41-17-15-34/h8-11,18-19H,7,12-17H2,1-6H3/b32-26+. The molecule has 0 N–H and O–H groups in total. The Hall–Kier alpha value is -3.80. The second-order valence-corrected chi connectivity index (χ2v) is 11.7. The van der Waals surface area contributed by atoms with Gasteiger partial charge in [0.15, 0.2) is 5.78 Å². The van der Waals surface area contributed by atoms with Crippen LogP contribution in [-0.2, 0) is 15.0 Å². The van der Waals surface area contributed by atoms with E-state index in [1.807, 2.05) is 57.1 Å². The highest BCUT2D eigenvalue weighted by Gasteiger charge is 2.41. The van der Waals surface area contributed by atoms with Crippen LogP contribution in [0.3, 0.4) is 0 Å². The van der Waals surface area contributed by atoms with Crippen molar-refractivity contribution in [2.24, 2.45) is 5.16 Å². The molecule has 1 aliphatic heterocycles. The van der Waals surface area contributed by atoms with Gasteiger partial charge in [-0.1, -0.05) is 43.3 Å². The number of carbonyl (C=O) groups is 3. The Kier molecular flexibility index (Phi) is 9.05. The van der Waals surface area contributed by atoms with Crippen LogP contribution in [0.2, 0.25) is 0 Å². The van der Waals surface area contributed by atoms with Gasteiger partial charge in [0.25, 0.3) is 0 Å². The first-order valence-corrected chi connectivity index (χ1v) is 14.1. The van der Waals surface area contributed by atoms with Gasteiger partial charge in [0.05, 0.1) is 18.8 Å². The quantitative estimate of drug-likeness (QED) is 0.131. The summed E-state index contributed by atoms with van der Waals surface area (Å²) >= 11 is 0. The molecule has 2 aromatic rings. The van der Waals surface area contributed by atoms with Gasteiger partial charge >= 0.3 is 6.09 Å². The molecule has 2 aromatic carbocycles. The molecule has 0 radical (unpaired) electrons. The molecular formula is C31H38N4O7. The van der Waals surface area contributed by atoms with E-state index in [1.165, 1.54) is 0 Å². The minimum atomic E-state index is -1.76. The monoisotopic (exact) mass is 578 g/mol. The molecule has 2 aliphatic rings. The molecule has 42 heavy (non-hydrogen) atoms. The Morgan fingerprint density at radius 3 is 2.19 bits per heavy atom. The maximum atomic E-state index is 13.8. The first-order chi connectivity index (χ1) is 19.8. The van der Waals surface area contributed by atoms with Crippen LogP contribution in [-0.4, -0.2) is 90.6 Å². The van der Waals surface area contributed by atoms with Crippen LogP contribution in [0.4, 0.5) is 4.79 Å². The minimum Gasteiger partial charge on any atom is -0.379 e. The molecule has 0 spiro atoms. The predicted octanol–water partition coefficient (Wildman–Crippen LogP) is 4.58. The van der Waals surface area contributed by atoms with Crippen LogP contribution in [0.25, 0.3) is 11.1 Å². The lowest BCUT2D eigenvalue weighted by Gasteiger charge is -2.39. The highest BCUT2D eigenvalue weighted by Crippen LogP contribution is 2.51. The van der Waals surface area contributed by atoms with Crippen molar-refractivity contribution in [2.45, 2.75) is 51.5 Å². The van der Waals surface area contributed by atoms with E-state index in [-0.39, 0.29) is 23.3 Å². The lowest BCUT2D eigenvalue weighted by Crippen LogP contribution is -2.54. The molecule has 1 atom stereocenters. The van der Waals surface area contributed by atoms with Crippen molar-refractivity contribution in [1.29, 1.82) is 0 Å². The molecule has 11 heteroatoms. The average molecular weight is 579 g/mol. The van der Waals surface area contributed by atoms with E-state index in [0.717, 1.165) is 28.7 Å². The minimum absolute atomic E-state index is 0.0109. The van der Waals surface area contributed by atoms with Gasteiger partial charge in [0.1, 0.15) is 10.6 Å². The summed E-state index contributed by atoms with van der Waals surface area (Å²) in [6, 6.07) is 11.2. The van der Waals surface area contributed by atoms with E-state index in [9.17, 15) is 24.5 Å². The summed E-state index contributed by atoms with van der Waals surface area (Å²) in [7, 11) is 3.62. The van der Waals surface area contributed by atoms with Gasteiger partial charge in [-0.2, -0.15) is 4.79 Å². The number of ketones is 2. The zero-order valence-electron chi connectivity index (χ0n) is 25.1. The number of hydrogen-bond donors (Lipinski definition) is 0. The summed E-state index contributed by atoms with van der Waals surface area (Å²) in [5.74, 6) is -0.486. The predicted molar refractivity (Wildman–Crippen MR) is 158 cm³/mol. The Morgan fingerprint density at radius 1 is 1.07 bits per heavy atom. The molecule has 11 nitrogen and oxygen atoms in total. The Bertz CT molecular complexity index is 1440. The number of benzene rings is 2. The van der Waals surface area contributed by atoms with Crippen LogP contribution >= 0.6 is 0 Å². The van der Waals surface area contributed by atoms with Crippen LogP contribution in [0, 0.1) is 10.1 Å². The summed E-state index contributed by atoms with van der Waals surface area (Å²) in [5.41, 5.74) is 3.60. The summed E-state index contributed by atoms with van der Waals surface area (Å²) in [5, 5.41) is 14.3. The topological polar surface area (TPSA) is 132 Å². The number of fused-ring (bicyclic) bond motifs is 3. The van der Waals surface area contributed by atoms with E-state index >= 15 is 0 Å². The van der Waals surface area contributed by atoms with E-state index in [2.05, 4.69) is 28.7 Å². The Morgan fingerprint density at radius 2 is 1.64 bits per heavy atom. The van der Waals surface area contributed by atoms with Gasteiger partial charge in [0.2, 0.25) is 5.78 Å². The number of hydrogen-bond acceptors (Lipinski definition) is 10. The normalized spacial score (nSPS) is 18.9. The van der Waals surface area contributed by atoms with Gasteiger partial charge < -0.3 is 9.64 Å². The number of amides is 1. The van der Waals surface area contributed by atoms with E-state index in [0.29, 0.717) is 44.0 Å². The highest BCUT2D eigenvalue weighted by atomic mass is 16.8. The third kappa shape index (κ3) is 5.90. The van der Waals surface area contributed by atoms with Crippen molar-refractivity contribution >= 4 is 23.4 Å². The fourth-order valence-corrected chi connectivity index (χ4v) is 5.75. The lowest BCUT2D eigenvalue weighted by molar-refractivity contribution is -0.396. The van der Waals surface area contributed by atoms with Crippen molar-refractivity contribution < 1.29 is 28.9 Å². The molecule has 1 aliphatic carbocycles. The van der Waals surface area contributed by atoms with Crippen LogP contribution in [0.15, 0.2) is 41.6 Å². The van der Waals surface area contributed by atoms with E-state index < -0.39 is 22.3 Å². The molecule has 0 bridgehead atoms. The number of morpholine rings is 1. The van der Waals surface area contributed by atoms with Crippen molar-refractivity contribution in [1.82, 2.24) is 9.80 Å². The first kappa shape index (κ1) is 31.1. The highest BCUT2D eigenvalue weighted by molar-refractivity contribution is 6.46. The third-order valence-electron chi connectivity index (χ3n) is 8.55. The smallest absolute Gasteiger partial charge is 0.379 e. The van der Waals surface area contributed by atoms with Gasteiger partial charge in [-0.25, -0.2) is 0 Å². The molecule has 1 unspecified atom stereocenters. The fraction of sp³-hybridized carbons (Fsp3) is 0.484. The molecule has 224 valence electrons. The van der Waals surface area contributed by atoms with Gasteiger partial charge in [-0.05, 0) is 68.8 Å². The van der Waals surface area contributed by atoms with Gasteiger partial charge in [-0.15, -0.1) is 0 Å². The maximum Gasteiger partial charge on any atom is 0.683 e. The van der Waals surface area contributed by atoms with E-state index in [4.69, 9.17) is 4.74 Å². The number of Topliss-reactive ketones (excluding diaryl/α,β-unsaturated/α-hetero) is 2.